The van der Waals surface area contributed by atoms with Crippen LogP contribution >= 0.6 is 11.3 Å². The third-order valence-corrected chi connectivity index (χ3v) is 4.74. The molecular weight excluding hydrogens is 348 g/mol. The van der Waals surface area contributed by atoms with Gasteiger partial charge in [0, 0.05) is 4.88 Å². The van der Waals surface area contributed by atoms with Gasteiger partial charge in [-0.25, -0.2) is 10.2 Å². The van der Waals surface area contributed by atoms with E-state index in [1.807, 2.05) is 60.7 Å². The van der Waals surface area contributed by atoms with E-state index in [0.717, 1.165) is 22.5 Å². The monoisotopic (exact) mass is 364 g/mol. The van der Waals surface area contributed by atoms with Crippen LogP contribution in [0.25, 0.3) is 0 Å². The Bertz CT molecular complexity index is 881. The van der Waals surface area contributed by atoms with Crippen molar-refractivity contribution in [2.75, 3.05) is 0 Å². The van der Waals surface area contributed by atoms with E-state index in [4.69, 9.17) is 5.11 Å². The topological polar surface area (TPSA) is 78.8 Å². The molecule has 0 spiro atoms. The largest absolute Gasteiger partial charge is 0.477 e. The first kappa shape index (κ1) is 17.6. The molecule has 6 heteroatoms. The second-order valence-electron chi connectivity index (χ2n) is 5.50. The number of benzene rings is 2. The van der Waals surface area contributed by atoms with Gasteiger partial charge in [-0.3, -0.25) is 4.79 Å². The predicted octanol–water partition coefficient (Wildman–Crippen LogP) is 3.73. The van der Waals surface area contributed by atoms with Gasteiger partial charge in [-0.2, -0.15) is 5.10 Å². The Balaban J connectivity index is 1.77. The maximum Gasteiger partial charge on any atom is 0.345 e. The Labute approximate surface area is 154 Å². The van der Waals surface area contributed by atoms with Crippen LogP contribution in [-0.2, 0) is 4.79 Å². The molecule has 0 aliphatic rings. The molecule has 0 aliphatic carbocycles. The fourth-order valence-electron chi connectivity index (χ4n) is 2.55. The van der Waals surface area contributed by atoms with Crippen LogP contribution in [0.3, 0.4) is 0 Å². The lowest BCUT2D eigenvalue weighted by molar-refractivity contribution is -0.121. The number of nitrogens with one attached hydrogen (secondary N) is 1. The van der Waals surface area contributed by atoms with E-state index in [-0.39, 0.29) is 10.8 Å². The van der Waals surface area contributed by atoms with Gasteiger partial charge in [0.25, 0.3) is 5.91 Å². The number of thiophene rings is 1. The van der Waals surface area contributed by atoms with Crippen molar-refractivity contribution in [3.63, 3.8) is 0 Å². The molecule has 5 nitrogen and oxygen atoms in total. The third kappa shape index (κ3) is 4.23. The Morgan fingerprint density at radius 3 is 2.00 bits per heavy atom. The van der Waals surface area contributed by atoms with Gasteiger partial charge >= 0.3 is 5.97 Å². The van der Waals surface area contributed by atoms with E-state index < -0.39 is 11.9 Å². The van der Waals surface area contributed by atoms with Crippen LogP contribution in [0.4, 0.5) is 0 Å². The van der Waals surface area contributed by atoms with Crippen molar-refractivity contribution in [3.05, 3.63) is 93.7 Å². The fraction of sp³-hybridized carbons (Fsp3) is 0.0500. The molecule has 2 N–H and O–H groups in total. The van der Waals surface area contributed by atoms with E-state index in [1.54, 1.807) is 6.07 Å². The molecule has 2 aromatic carbocycles. The summed E-state index contributed by atoms with van der Waals surface area (Å²) in [5.41, 5.74) is 4.30. The van der Waals surface area contributed by atoms with Crippen LogP contribution in [0, 0.1) is 0 Å². The van der Waals surface area contributed by atoms with Gasteiger partial charge in [0.1, 0.15) is 4.88 Å². The highest BCUT2D eigenvalue weighted by Crippen LogP contribution is 2.24. The van der Waals surface area contributed by atoms with Crippen LogP contribution in [0.1, 0.15) is 31.6 Å². The molecule has 130 valence electrons. The molecular formula is C20H16N2O3S. The summed E-state index contributed by atoms with van der Waals surface area (Å²) < 4.78 is 0. The Hall–Kier alpha value is -3.25. The average molecular weight is 364 g/mol. The molecule has 1 aromatic heterocycles. The minimum atomic E-state index is -0.980. The lowest BCUT2D eigenvalue weighted by Gasteiger charge is -2.16. The minimum Gasteiger partial charge on any atom is -0.477 e. The van der Waals surface area contributed by atoms with Gasteiger partial charge in [0.05, 0.1) is 12.1 Å². The molecule has 1 heterocycles. The number of aromatic carboxylic acids is 1. The van der Waals surface area contributed by atoms with Crippen LogP contribution in [-0.4, -0.2) is 23.2 Å². The molecule has 0 aliphatic heterocycles. The maximum absolute atomic E-state index is 12.7. The normalized spacial score (nSPS) is 11.0. The average Bonchev–Trinajstić information content (AvgIpc) is 3.13. The summed E-state index contributed by atoms with van der Waals surface area (Å²) in [7, 11) is 0. The second kappa shape index (κ2) is 8.22. The fourth-order valence-corrected chi connectivity index (χ4v) is 3.27. The summed E-state index contributed by atoms with van der Waals surface area (Å²) in [5, 5.41) is 12.9. The number of carboxylic acid groups (broad SMARTS) is 1. The molecule has 0 fully saturated rings. The van der Waals surface area contributed by atoms with E-state index in [0.29, 0.717) is 4.88 Å². The van der Waals surface area contributed by atoms with Crippen molar-refractivity contribution in [2.24, 2.45) is 5.10 Å². The molecule has 0 unspecified atom stereocenters. The van der Waals surface area contributed by atoms with Crippen LogP contribution in [0.2, 0.25) is 0 Å². The third-order valence-electron chi connectivity index (χ3n) is 3.73. The summed E-state index contributed by atoms with van der Waals surface area (Å²) >= 11 is 1.09. The van der Waals surface area contributed by atoms with Gasteiger partial charge in [-0.05, 0) is 23.3 Å². The number of hydrogen-bond donors (Lipinski definition) is 2. The van der Waals surface area contributed by atoms with Crippen molar-refractivity contribution in [2.45, 2.75) is 5.92 Å². The molecule has 26 heavy (non-hydrogen) atoms. The van der Waals surface area contributed by atoms with Crippen molar-refractivity contribution in [1.82, 2.24) is 5.43 Å². The maximum atomic E-state index is 12.7. The number of nitrogens with zero attached hydrogens (tertiary/aromatic N) is 1. The first-order valence-corrected chi connectivity index (χ1v) is 8.73. The zero-order valence-electron chi connectivity index (χ0n) is 13.7. The molecule has 0 radical (unpaired) electrons. The number of carboxylic acids is 1. The standard InChI is InChI=1S/C20H16N2O3S/c23-19(22-21-13-16-11-12-17(26-16)20(24)25)18(14-7-3-1-4-8-14)15-9-5-2-6-10-15/h1-13,18H,(H,22,23)(H,24,25)/b21-13+. The lowest BCUT2D eigenvalue weighted by Crippen LogP contribution is -2.26. The van der Waals surface area contributed by atoms with Crippen molar-refractivity contribution in [1.29, 1.82) is 0 Å². The van der Waals surface area contributed by atoms with Crippen LogP contribution in [0.15, 0.2) is 77.9 Å². The molecule has 1 amide bonds. The van der Waals surface area contributed by atoms with E-state index in [9.17, 15) is 9.59 Å². The van der Waals surface area contributed by atoms with Crippen LogP contribution < -0.4 is 5.43 Å². The molecule has 0 saturated carbocycles. The number of hydrazone groups is 1. The second-order valence-corrected chi connectivity index (χ2v) is 6.61. The zero-order chi connectivity index (χ0) is 18.4. The van der Waals surface area contributed by atoms with Gasteiger partial charge in [0.2, 0.25) is 0 Å². The molecule has 0 saturated heterocycles. The quantitative estimate of drug-likeness (QED) is 0.517. The number of carbonyl (C=O) groups excluding carboxylic acids is 1. The summed E-state index contributed by atoms with van der Waals surface area (Å²) in [6, 6.07) is 22.1. The Morgan fingerprint density at radius 2 is 1.50 bits per heavy atom. The van der Waals surface area contributed by atoms with E-state index in [2.05, 4.69) is 10.5 Å². The van der Waals surface area contributed by atoms with Gasteiger partial charge in [-0.1, -0.05) is 60.7 Å². The van der Waals surface area contributed by atoms with Gasteiger partial charge in [-0.15, -0.1) is 11.3 Å². The molecule has 0 bridgehead atoms. The van der Waals surface area contributed by atoms with E-state index in [1.165, 1.54) is 12.3 Å². The number of carbonyl (C=O) groups is 2. The van der Waals surface area contributed by atoms with Gasteiger partial charge < -0.3 is 5.11 Å². The summed E-state index contributed by atoms with van der Waals surface area (Å²) in [6.45, 7) is 0. The first-order chi connectivity index (χ1) is 12.6. The smallest absolute Gasteiger partial charge is 0.345 e. The van der Waals surface area contributed by atoms with Crippen molar-refractivity contribution in [3.8, 4) is 0 Å². The highest BCUT2D eigenvalue weighted by atomic mass is 32.1. The van der Waals surface area contributed by atoms with E-state index >= 15 is 0 Å². The zero-order valence-corrected chi connectivity index (χ0v) is 14.5. The lowest BCUT2D eigenvalue weighted by atomic mass is 9.91. The summed E-state index contributed by atoms with van der Waals surface area (Å²) in [4.78, 5) is 24.5. The molecule has 3 aromatic rings. The Kier molecular flexibility index (Phi) is 5.56. The highest BCUT2D eigenvalue weighted by Gasteiger charge is 2.22. The van der Waals surface area contributed by atoms with Gasteiger partial charge in [0.15, 0.2) is 0 Å². The first-order valence-electron chi connectivity index (χ1n) is 7.91. The SMILES string of the molecule is O=C(O)c1ccc(/C=N/NC(=O)C(c2ccccc2)c2ccccc2)s1. The number of rotatable bonds is 6. The summed E-state index contributed by atoms with van der Waals surface area (Å²) in [6.07, 6.45) is 1.45. The van der Waals surface area contributed by atoms with Crippen molar-refractivity contribution >= 4 is 29.4 Å². The minimum absolute atomic E-state index is 0.226. The Morgan fingerprint density at radius 1 is 0.923 bits per heavy atom. The highest BCUT2D eigenvalue weighted by molar-refractivity contribution is 7.15. The number of hydrogen-bond acceptors (Lipinski definition) is 4. The van der Waals surface area contributed by atoms with Crippen molar-refractivity contribution < 1.29 is 14.7 Å². The predicted molar refractivity (Wildman–Crippen MR) is 102 cm³/mol. The molecule has 0 atom stereocenters. The summed E-state index contributed by atoms with van der Waals surface area (Å²) in [5.74, 6) is -1.71. The van der Waals surface area contributed by atoms with Crippen LogP contribution in [0.5, 0.6) is 0 Å². The molecule has 3 rings (SSSR count). The number of amides is 1.